The van der Waals surface area contributed by atoms with Crippen LogP contribution in [0.15, 0.2) is 18.2 Å². The van der Waals surface area contributed by atoms with Gasteiger partial charge in [0.05, 0.1) is 5.56 Å². The van der Waals surface area contributed by atoms with Gasteiger partial charge >= 0.3 is 5.97 Å². The Hall–Kier alpha value is -2.30. The molecule has 0 aliphatic rings. The molecule has 0 radical (unpaired) electrons. The van der Waals surface area contributed by atoms with Gasteiger partial charge in [0.15, 0.2) is 6.61 Å². The maximum Gasteiger partial charge on any atom is 0.338 e. The lowest BCUT2D eigenvalue weighted by Crippen LogP contribution is -2.34. The third kappa shape index (κ3) is 3.13. The van der Waals surface area contributed by atoms with Gasteiger partial charge in [0.2, 0.25) is 0 Å². The lowest BCUT2D eigenvalue weighted by molar-refractivity contribution is -0.134. The average molecular weight is 302 g/mol. The molecule has 1 aromatic heterocycles. The lowest BCUT2D eigenvalue weighted by Gasteiger charge is -2.18. The summed E-state index contributed by atoms with van der Waals surface area (Å²) in [6.45, 7) is 8.80. The van der Waals surface area contributed by atoms with Crippen LogP contribution in [0, 0.1) is 13.8 Å². The Morgan fingerprint density at radius 3 is 2.50 bits per heavy atom. The van der Waals surface area contributed by atoms with E-state index in [-0.39, 0.29) is 12.5 Å². The van der Waals surface area contributed by atoms with Crippen LogP contribution in [0.1, 0.15) is 35.5 Å². The number of H-pyrrole nitrogens is 1. The van der Waals surface area contributed by atoms with E-state index in [1.165, 1.54) is 0 Å². The molecule has 1 aromatic carbocycles. The summed E-state index contributed by atoms with van der Waals surface area (Å²) in [5, 5.41) is 1.00. The number of fused-ring (bicyclic) bond motifs is 1. The van der Waals surface area contributed by atoms with Crippen molar-refractivity contribution in [3.8, 4) is 0 Å². The van der Waals surface area contributed by atoms with Gasteiger partial charge in [0.1, 0.15) is 0 Å². The van der Waals surface area contributed by atoms with Crippen molar-refractivity contribution >= 4 is 22.8 Å². The van der Waals surface area contributed by atoms with Crippen molar-refractivity contribution in [1.29, 1.82) is 0 Å². The molecule has 1 heterocycles. The second-order valence-electron chi connectivity index (χ2n) is 5.28. The van der Waals surface area contributed by atoms with Gasteiger partial charge in [0, 0.05) is 29.7 Å². The molecule has 5 nitrogen and oxygen atoms in total. The summed E-state index contributed by atoms with van der Waals surface area (Å²) in [5.41, 5.74) is 3.65. The van der Waals surface area contributed by atoms with Crippen LogP contribution in [-0.4, -0.2) is 41.5 Å². The highest BCUT2D eigenvalue weighted by molar-refractivity contribution is 5.96. The number of aromatic nitrogens is 1. The van der Waals surface area contributed by atoms with Crippen LogP contribution in [0.25, 0.3) is 10.9 Å². The molecule has 0 aliphatic heterocycles. The molecule has 0 saturated heterocycles. The molecule has 1 amide bonds. The molecule has 2 rings (SSSR count). The molecule has 0 aliphatic carbocycles. The van der Waals surface area contributed by atoms with Crippen LogP contribution in [0.3, 0.4) is 0 Å². The monoisotopic (exact) mass is 302 g/mol. The predicted octanol–water partition coefficient (Wildman–Crippen LogP) is 2.81. The maximum absolute atomic E-state index is 12.1. The van der Waals surface area contributed by atoms with E-state index in [1.54, 1.807) is 17.0 Å². The summed E-state index contributed by atoms with van der Waals surface area (Å²) in [6.07, 6.45) is 0. The largest absolute Gasteiger partial charge is 0.452 e. The first kappa shape index (κ1) is 16.1. The number of aryl methyl sites for hydroxylation is 2. The second kappa shape index (κ2) is 6.64. The first-order valence-corrected chi connectivity index (χ1v) is 7.51. The molecular formula is C17H22N2O3. The van der Waals surface area contributed by atoms with E-state index >= 15 is 0 Å². The number of carbonyl (C=O) groups excluding carboxylic acids is 2. The molecule has 118 valence electrons. The zero-order chi connectivity index (χ0) is 16.3. The number of esters is 1. The number of nitrogens with zero attached hydrogens (tertiary/aromatic N) is 1. The minimum Gasteiger partial charge on any atom is -0.452 e. The molecule has 0 fully saturated rings. The number of likely N-dealkylation sites (N-methyl/N-ethyl adjacent to an activating group) is 1. The summed E-state index contributed by atoms with van der Waals surface area (Å²) >= 11 is 0. The Morgan fingerprint density at radius 1 is 1.18 bits per heavy atom. The Balaban J connectivity index is 2.10. The van der Waals surface area contributed by atoms with Crippen LogP contribution in [0.5, 0.6) is 0 Å². The summed E-state index contributed by atoms with van der Waals surface area (Å²) < 4.78 is 5.13. The Morgan fingerprint density at radius 2 is 1.86 bits per heavy atom. The Bertz CT molecular complexity index is 699. The topological polar surface area (TPSA) is 62.4 Å². The number of benzene rings is 1. The van der Waals surface area contributed by atoms with E-state index in [4.69, 9.17) is 4.74 Å². The zero-order valence-corrected chi connectivity index (χ0v) is 13.5. The van der Waals surface area contributed by atoms with Gasteiger partial charge in [-0.05, 0) is 51.5 Å². The van der Waals surface area contributed by atoms with Crippen LogP contribution in [-0.2, 0) is 9.53 Å². The van der Waals surface area contributed by atoms with Crippen molar-refractivity contribution in [1.82, 2.24) is 9.88 Å². The minimum absolute atomic E-state index is 0.173. The first-order valence-electron chi connectivity index (χ1n) is 7.51. The molecule has 0 spiro atoms. The normalized spacial score (nSPS) is 10.7. The zero-order valence-electron chi connectivity index (χ0n) is 13.5. The third-order valence-corrected chi connectivity index (χ3v) is 3.99. The number of carbonyl (C=O) groups is 2. The Labute approximate surface area is 130 Å². The number of ether oxygens (including phenoxy) is 1. The fourth-order valence-electron chi connectivity index (χ4n) is 2.47. The summed E-state index contributed by atoms with van der Waals surface area (Å²) in [6, 6.07) is 5.37. The van der Waals surface area contributed by atoms with Crippen molar-refractivity contribution in [2.45, 2.75) is 27.7 Å². The number of aromatic amines is 1. The number of amides is 1. The SMILES string of the molecule is CCN(CC)C(=O)COC(=O)c1ccc2[nH]c(C)c(C)c2c1. The summed E-state index contributed by atoms with van der Waals surface area (Å²) in [5.74, 6) is -0.645. The fourth-order valence-corrected chi connectivity index (χ4v) is 2.47. The molecule has 0 saturated carbocycles. The van der Waals surface area contributed by atoms with Gasteiger partial charge in [-0.2, -0.15) is 0 Å². The molecule has 1 N–H and O–H groups in total. The smallest absolute Gasteiger partial charge is 0.338 e. The van der Waals surface area contributed by atoms with Gasteiger partial charge in [-0.25, -0.2) is 4.79 Å². The van der Waals surface area contributed by atoms with E-state index < -0.39 is 5.97 Å². The highest BCUT2D eigenvalue weighted by Gasteiger charge is 2.15. The van der Waals surface area contributed by atoms with E-state index in [9.17, 15) is 9.59 Å². The van der Waals surface area contributed by atoms with Crippen molar-refractivity contribution in [3.63, 3.8) is 0 Å². The predicted molar refractivity (Wildman–Crippen MR) is 86.0 cm³/mol. The minimum atomic E-state index is -0.472. The molecule has 22 heavy (non-hydrogen) atoms. The number of rotatable bonds is 5. The number of nitrogens with one attached hydrogen (secondary N) is 1. The van der Waals surface area contributed by atoms with Gasteiger partial charge in [-0.1, -0.05) is 0 Å². The second-order valence-corrected chi connectivity index (χ2v) is 5.28. The van der Waals surface area contributed by atoms with Crippen molar-refractivity contribution < 1.29 is 14.3 Å². The highest BCUT2D eigenvalue weighted by atomic mass is 16.5. The molecule has 2 aromatic rings. The van der Waals surface area contributed by atoms with E-state index in [2.05, 4.69) is 4.98 Å². The lowest BCUT2D eigenvalue weighted by atomic mass is 10.1. The van der Waals surface area contributed by atoms with Gasteiger partial charge in [-0.3, -0.25) is 4.79 Å². The van der Waals surface area contributed by atoms with E-state index in [0.29, 0.717) is 18.7 Å². The number of hydrogen-bond acceptors (Lipinski definition) is 3. The fraction of sp³-hybridized carbons (Fsp3) is 0.412. The molecule has 0 unspecified atom stereocenters. The molecular weight excluding hydrogens is 280 g/mol. The molecule has 0 atom stereocenters. The summed E-state index contributed by atoms with van der Waals surface area (Å²) in [7, 11) is 0. The molecule has 0 bridgehead atoms. The Kier molecular flexibility index (Phi) is 4.85. The van der Waals surface area contributed by atoms with Crippen molar-refractivity contribution in [2.75, 3.05) is 19.7 Å². The average Bonchev–Trinajstić information content (AvgIpc) is 2.80. The summed E-state index contributed by atoms with van der Waals surface area (Å²) in [4.78, 5) is 28.9. The van der Waals surface area contributed by atoms with Crippen molar-refractivity contribution in [2.24, 2.45) is 0 Å². The van der Waals surface area contributed by atoms with Gasteiger partial charge in [0.25, 0.3) is 5.91 Å². The van der Waals surface area contributed by atoms with Crippen LogP contribution >= 0.6 is 0 Å². The van der Waals surface area contributed by atoms with Gasteiger partial charge < -0.3 is 14.6 Å². The maximum atomic E-state index is 12.1. The molecule has 5 heteroatoms. The highest BCUT2D eigenvalue weighted by Crippen LogP contribution is 2.22. The third-order valence-electron chi connectivity index (χ3n) is 3.99. The van der Waals surface area contributed by atoms with E-state index in [0.717, 1.165) is 22.2 Å². The van der Waals surface area contributed by atoms with Crippen LogP contribution in [0.4, 0.5) is 0 Å². The number of hydrogen-bond donors (Lipinski definition) is 1. The van der Waals surface area contributed by atoms with Crippen LogP contribution in [0.2, 0.25) is 0 Å². The van der Waals surface area contributed by atoms with Crippen molar-refractivity contribution in [3.05, 3.63) is 35.0 Å². The van der Waals surface area contributed by atoms with Crippen LogP contribution < -0.4 is 0 Å². The van der Waals surface area contributed by atoms with Gasteiger partial charge in [-0.15, -0.1) is 0 Å². The first-order chi connectivity index (χ1) is 10.5. The standard InChI is InChI=1S/C17H22N2O3/c1-5-19(6-2)16(20)10-22-17(21)13-7-8-15-14(9-13)11(3)12(4)18-15/h7-9,18H,5-6,10H2,1-4H3. The quantitative estimate of drug-likeness (QED) is 0.864. The van der Waals surface area contributed by atoms with E-state index in [1.807, 2.05) is 33.8 Å².